The molecule has 1 saturated heterocycles. The van der Waals surface area contributed by atoms with Crippen LogP contribution in [0.25, 0.3) is 0 Å². The Labute approximate surface area is 104 Å². The molecule has 0 aromatic heterocycles. The summed E-state index contributed by atoms with van der Waals surface area (Å²) in [4.78, 5) is 2.30. The van der Waals surface area contributed by atoms with Gasteiger partial charge < -0.3 is 15.4 Å². The Morgan fingerprint density at radius 2 is 1.82 bits per heavy atom. The molecule has 2 rings (SSSR count). The lowest BCUT2D eigenvalue weighted by molar-refractivity contribution is 0.405. The number of nitrogens with two attached hydrogens (primary N) is 1. The van der Waals surface area contributed by atoms with Crippen LogP contribution in [0.3, 0.4) is 0 Å². The van der Waals surface area contributed by atoms with Crippen molar-refractivity contribution in [1.82, 2.24) is 4.90 Å². The number of hydrogen-bond acceptors (Lipinski definition) is 3. The molecule has 1 aliphatic heterocycles. The zero-order valence-corrected chi connectivity index (χ0v) is 11.2. The van der Waals surface area contributed by atoms with E-state index in [1.54, 1.807) is 7.11 Å². The van der Waals surface area contributed by atoms with Crippen LogP contribution in [0.5, 0.6) is 5.75 Å². The molecule has 0 spiro atoms. The summed E-state index contributed by atoms with van der Waals surface area (Å²) in [5, 5.41) is 0. The second-order valence-corrected chi connectivity index (χ2v) is 5.18. The molecule has 0 bridgehead atoms. The third-order valence-electron chi connectivity index (χ3n) is 3.66. The first-order valence-electron chi connectivity index (χ1n) is 6.12. The summed E-state index contributed by atoms with van der Waals surface area (Å²) >= 11 is 0. The van der Waals surface area contributed by atoms with E-state index in [-0.39, 0.29) is 6.04 Å². The number of rotatable bonds is 2. The number of aryl methyl sites for hydroxylation is 2. The van der Waals surface area contributed by atoms with Crippen molar-refractivity contribution in [3.8, 4) is 5.75 Å². The summed E-state index contributed by atoms with van der Waals surface area (Å²) in [6.07, 6.45) is 0. The van der Waals surface area contributed by atoms with Crippen LogP contribution in [0.2, 0.25) is 0 Å². The van der Waals surface area contributed by atoms with Gasteiger partial charge in [0.25, 0.3) is 0 Å². The highest BCUT2D eigenvalue weighted by atomic mass is 16.5. The maximum atomic E-state index is 6.20. The SMILES string of the molecule is COc1c(C)cc(C2CN(C)CC2N)cc1C. The van der Waals surface area contributed by atoms with Gasteiger partial charge in [-0.15, -0.1) is 0 Å². The van der Waals surface area contributed by atoms with Crippen molar-refractivity contribution in [2.45, 2.75) is 25.8 Å². The van der Waals surface area contributed by atoms with Crippen molar-refractivity contribution in [2.75, 3.05) is 27.2 Å². The molecule has 2 unspecified atom stereocenters. The van der Waals surface area contributed by atoms with E-state index < -0.39 is 0 Å². The fourth-order valence-electron chi connectivity index (χ4n) is 2.91. The monoisotopic (exact) mass is 234 g/mol. The fraction of sp³-hybridized carbons (Fsp3) is 0.571. The number of methoxy groups -OCH3 is 1. The number of hydrogen-bond donors (Lipinski definition) is 1. The molecular formula is C14H22N2O. The van der Waals surface area contributed by atoms with Crippen molar-refractivity contribution < 1.29 is 4.74 Å². The standard InChI is InChI=1S/C14H22N2O/c1-9-5-11(6-10(2)14(9)17-4)12-7-16(3)8-13(12)15/h5-6,12-13H,7-8,15H2,1-4H3. The predicted octanol–water partition coefficient (Wildman–Crippen LogP) is 1.67. The summed E-state index contributed by atoms with van der Waals surface area (Å²) in [7, 11) is 3.85. The Kier molecular flexibility index (Phi) is 3.40. The van der Waals surface area contributed by atoms with Crippen LogP contribution in [-0.4, -0.2) is 38.2 Å². The lowest BCUT2D eigenvalue weighted by atomic mass is 9.92. The quantitative estimate of drug-likeness (QED) is 0.846. The minimum atomic E-state index is 0.243. The lowest BCUT2D eigenvalue weighted by Gasteiger charge is -2.18. The molecule has 0 saturated carbocycles. The average molecular weight is 234 g/mol. The highest BCUT2D eigenvalue weighted by Crippen LogP contribution is 2.31. The first kappa shape index (κ1) is 12.4. The van der Waals surface area contributed by atoms with E-state index in [9.17, 15) is 0 Å². The molecule has 17 heavy (non-hydrogen) atoms. The zero-order valence-electron chi connectivity index (χ0n) is 11.2. The van der Waals surface area contributed by atoms with Gasteiger partial charge in [0, 0.05) is 25.0 Å². The third kappa shape index (κ3) is 2.31. The van der Waals surface area contributed by atoms with Crippen LogP contribution in [0.4, 0.5) is 0 Å². The maximum Gasteiger partial charge on any atom is 0.124 e. The largest absolute Gasteiger partial charge is 0.496 e. The molecule has 1 aliphatic rings. The van der Waals surface area contributed by atoms with Crippen molar-refractivity contribution in [2.24, 2.45) is 5.73 Å². The maximum absolute atomic E-state index is 6.20. The highest BCUT2D eigenvalue weighted by molar-refractivity contribution is 5.45. The van der Waals surface area contributed by atoms with E-state index >= 15 is 0 Å². The van der Waals surface area contributed by atoms with Gasteiger partial charge in [-0.2, -0.15) is 0 Å². The number of likely N-dealkylation sites (tertiary alicyclic amines) is 1. The van der Waals surface area contributed by atoms with Gasteiger partial charge in [0.15, 0.2) is 0 Å². The van der Waals surface area contributed by atoms with E-state index in [1.165, 1.54) is 16.7 Å². The summed E-state index contributed by atoms with van der Waals surface area (Å²) in [6, 6.07) is 4.68. The van der Waals surface area contributed by atoms with Gasteiger partial charge >= 0.3 is 0 Å². The molecule has 1 heterocycles. The van der Waals surface area contributed by atoms with Gasteiger partial charge in [0.1, 0.15) is 5.75 Å². The van der Waals surface area contributed by atoms with Gasteiger partial charge in [-0.25, -0.2) is 0 Å². The van der Waals surface area contributed by atoms with Crippen molar-refractivity contribution in [1.29, 1.82) is 0 Å². The third-order valence-corrected chi connectivity index (χ3v) is 3.66. The molecule has 0 radical (unpaired) electrons. The molecular weight excluding hydrogens is 212 g/mol. The number of nitrogens with zero attached hydrogens (tertiary/aromatic N) is 1. The molecule has 2 N–H and O–H groups in total. The van der Waals surface area contributed by atoms with Crippen LogP contribution in [0, 0.1) is 13.8 Å². The van der Waals surface area contributed by atoms with Crippen molar-refractivity contribution in [3.05, 3.63) is 28.8 Å². The summed E-state index contributed by atoms with van der Waals surface area (Å²) < 4.78 is 5.40. The van der Waals surface area contributed by atoms with E-state index in [2.05, 4.69) is 37.9 Å². The fourth-order valence-corrected chi connectivity index (χ4v) is 2.91. The van der Waals surface area contributed by atoms with Crippen LogP contribution < -0.4 is 10.5 Å². The van der Waals surface area contributed by atoms with E-state index in [1.807, 2.05) is 0 Å². The molecule has 3 heteroatoms. The molecule has 0 aliphatic carbocycles. The second-order valence-electron chi connectivity index (χ2n) is 5.18. The van der Waals surface area contributed by atoms with E-state index in [0.717, 1.165) is 18.8 Å². The first-order chi connectivity index (χ1) is 8.02. The smallest absolute Gasteiger partial charge is 0.124 e. The van der Waals surface area contributed by atoms with Crippen LogP contribution in [0.1, 0.15) is 22.6 Å². The Balaban J connectivity index is 2.34. The topological polar surface area (TPSA) is 38.5 Å². The first-order valence-corrected chi connectivity index (χ1v) is 6.12. The number of benzene rings is 1. The number of ether oxygens (including phenoxy) is 1. The van der Waals surface area contributed by atoms with Crippen LogP contribution in [-0.2, 0) is 0 Å². The van der Waals surface area contributed by atoms with Gasteiger partial charge in [-0.3, -0.25) is 0 Å². The molecule has 1 aromatic carbocycles. The Hall–Kier alpha value is -1.06. The van der Waals surface area contributed by atoms with Gasteiger partial charge in [0.2, 0.25) is 0 Å². The zero-order chi connectivity index (χ0) is 12.6. The summed E-state index contributed by atoms with van der Waals surface area (Å²) in [5.74, 6) is 1.44. The molecule has 1 aromatic rings. The second kappa shape index (κ2) is 4.67. The van der Waals surface area contributed by atoms with Gasteiger partial charge in [0.05, 0.1) is 7.11 Å². The Morgan fingerprint density at radius 3 is 2.24 bits per heavy atom. The van der Waals surface area contributed by atoms with Crippen LogP contribution >= 0.6 is 0 Å². The number of likely N-dealkylation sites (N-methyl/N-ethyl adjacent to an activating group) is 1. The van der Waals surface area contributed by atoms with Gasteiger partial charge in [-0.1, -0.05) is 12.1 Å². The minimum Gasteiger partial charge on any atom is -0.496 e. The van der Waals surface area contributed by atoms with Crippen molar-refractivity contribution >= 4 is 0 Å². The van der Waals surface area contributed by atoms with Crippen molar-refractivity contribution in [3.63, 3.8) is 0 Å². The predicted molar refractivity (Wildman–Crippen MR) is 70.7 cm³/mol. The molecule has 1 fully saturated rings. The lowest BCUT2D eigenvalue weighted by Crippen LogP contribution is -2.28. The Morgan fingerprint density at radius 1 is 1.24 bits per heavy atom. The van der Waals surface area contributed by atoms with E-state index in [4.69, 9.17) is 10.5 Å². The van der Waals surface area contributed by atoms with Crippen LogP contribution in [0.15, 0.2) is 12.1 Å². The molecule has 2 atom stereocenters. The summed E-state index contributed by atoms with van der Waals surface area (Å²) in [6.45, 7) is 6.22. The minimum absolute atomic E-state index is 0.243. The van der Waals surface area contributed by atoms with E-state index in [0.29, 0.717) is 5.92 Å². The Bertz CT molecular complexity index is 394. The van der Waals surface area contributed by atoms with Gasteiger partial charge in [-0.05, 0) is 37.6 Å². The molecule has 94 valence electrons. The normalized spacial score (nSPS) is 25.2. The molecule has 0 amide bonds. The molecule has 3 nitrogen and oxygen atoms in total. The highest BCUT2D eigenvalue weighted by Gasteiger charge is 2.29. The summed E-state index contributed by atoms with van der Waals surface area (Å²) in [5.41, 5.74) is 9.94. The average Bonchev–Trinajstić information content (AvgIpc) is 2.57.